The summed E-state index contributed by atoms with van der Waals surface area (Å²) in [6.07, 6.45) is 0. The predicted molar refractivity (Wildman–Crippen MR) is 103 cm³/mol. The van der Waals surface area contributed by atoms with Crippen molar-refractivity contribution in [3.8, 4) is 17.2 Å². The molecule has 146 valence electrons. The minimum atomic E-state index is -0.386. The van der Waals surface area contributed by atoms with E-state index in [1.54, 1.807) is 25.1 Å². The number of hydrogen-bond donors (Lipinski definition) is 1. The minimum absolute atomic E-state index is 0.359. The molecule has 1 heterocycles. The van der Waals surface area contributed by atoms with Crippen LogP contribution in [-0.2, 0) is 0 Å². The molecule has 0 spiro atoms. The maximum Gasteiger partial charge on any atom is 0.271 e. The summed E-state index contributed by atoms with van der Waals surface area (Å²) in [5, 5.41) is 4.10. The largest absolute Gasteiger partial charge is 0.490 e. The lowest BCUT2D eigenvalue weighted by Gasteiger charge is -2.16. The SMILES string of the molecule is CCOc1cc(C(=O)N/N=C(\C)c2ccc(C)o2)cc(OCC)c1OCC. The molecule has 2 aromatic rings. The van der Waals surface area contributed by atoms with Crippen molar-refractivity contribution in [1.82, 2.24) is 5.43 Å². The lowest BCUT2D eigenvalue weighted by molar-refractivity contribution is 0.0953. The molecule has 0 fully saturated rings. The van der Waals surface area contributed by atoms with Crippen molar-refractivity contribution in [1.29, 1.82) is 0 Å². The summed E-state index contributed by atoms with van der Waals surface area (Å²) in [7, 11) is 0. The van der Waals surface area contributed by atoms with Crippen LogP contribution in [0.5, 0.6) is 17.2 Å². The maximum atomic E-state index is 12.6. The minimum Gasteiger partial charge on any atom is -0.490 e. The zero-order valence-electron chi connectivity index (χ0n) is 16.4. The van der Waals surface area contributed by atoms with Crippen LogP contribution in [-0.4, -0.2) is 31.4 Å². The maximum absolute atomic E-state index is 12.6. The molecule has 1 amide bonds. The van der Waals surface area contributed by atoms with Crippen molar-refractivity contribution >= 4 is 11.6 Å². The lowest BCUT2D eigenvalue weighted by Crippen LogP contribution is -2.19. The fourth-order valence-electron chi connectivity index (χ4n) is 2.40. The Morgan fingerprint density at radius 3 is 2.11 bits per heavy atom. The number of nitrogens with zero attached hydrogens (tertiary/aromatic N) is 1. The van der Waals surface area contributed by atoms with Crippen molar-refractivity contribution in [3.05, 3.63) is 41.3 Å². The summed E-state index contributed by atoms with van der Waals surface area (Å²) in [6.45, 7) is 10.5. The van der Waals surface area contributed by atoms with Gasteiger partial charge in [-0.05, 0) is 58.9 Å². The van der Waals surface area contributed by atoms with Crippen LogP contribution in [0.15, 0.2) is 33.8 Å². The number of furan rings is 1. The number of rotatable bonds is 9. The Bertz CT molecular complexity index is 783. The molecule has 0 atom stereocenters. The number of amides is 1. The van der Waals surface area contributed by atoms with Gasteiger partial charge in [0.25, 0.3) is 5.91 Å². The van der Waals surface area contributed by atoms with Gasteiger partial charge in [0.05, 0.1) is 19.8 Å². The van der Waals surface area contributed by atoms with Gasteiger partial charge in [0.1, 0.15) is 17.2 Å². The number of benzene rings is 1. The van der Waals surface area contributed by atoms with Gasteiger partial charge in [0.15, 0.2) is 11.5 Å². The van der Waals surface area contributed by atoms with Gasteiger partial charge < -0.3 is 18.6 Å². The van der Waals surface area contributed by atoms with Crippen LogP contribution in [0.3, 0.4) is 0 Å². The summed E-state index contributed by atoms with van der Waals surface area (Å²) >= 11 is 0. The first-order chi connectivity index (χ1) is 13.0. The molecule has 0 saturated carbocycles. The molecule has 0 aliphatic rings. The van der Waals surface area contributed by atoms with Crippen LogP contribution in [0.2, 0.25) is 0 Å². The highest BCUT2D eigenvalue weighted by Gasteiger charge is 2.18. The van der Waals surface area contributed by atoms with Crippen LogP contribution >= 0.6 is 0 Å². The van der Waals surface area contributed by atoms with E-state index < -0.39 is 0 Å². The highest BCUT2D eigenvalue weighted by atomic mass is 16.5. The van der Waals surface area contributed by atoms with E-state index in [0.29, 0.717) is 54.1 Å². The van der Waals surface area contributed by atoms with Crippen LogP contribution < -0.4 is 19.6 Å². The standard InChI is InChI=1S/C20H26N2O5/c1-6-24-17-11-15(12-18(25-7-2)19(17)26-8-3)20(23)22-21-14(5)16-10-9-13(4)27-16/h9-12H,6-8H2,1-5H3,(H,22,23)/b21-14+. The molecule has 0 saturated heterocycles. The normalized spacial score (nSPS) is 11.2. The molecule has 7 nitrogen and oxygen atoms in total. The van der Waals surface area contributed by atoms with Gasteiger partial charge >= 0.3 is 0 Å². The lowest BCUT2D eigenvalue weighted by atomic mass is 10.1. The Labute approximate surface area is 159 Å². The highest BCUT2D eigenvalue weighted by molar-refractivity contribution is 5.99. The summed E-state index contributed by atoms with van der Waals surface area (Å²) in [5.74, 6) is 2.39. The molecule has 0 unspecified atom stereocenters. The smallest absolute Gasteiger partial charge is 0.271 e. The Hall–Kier alpha value is -2.96. The number of ether oxygens (including phenoxy) is 3. The Morgan fingerprint density at radius 1 is 1.04 bits per heavy atom. The predicted octanol–water partition coefficient (Wildman–Crippen LogP) is 3.94. The van der Waals surface area contributed by atoms with Gasteiger partial charge in [-0.15, -0.1) is 0 Å². The van der Waals surface area contributed by atoms with Gasteiger partial charge in [-0.2, -0.15) is 5.10 Å². The first-order valence-electron chi connectivity index (χ1n) is 8.97. The highest BCUT2D eigenvalue weighted by Crippen LogP contribution is 2.39. The molecule has 0 aliphatic heterocycles. The number of nitrogens with one attached hydrogen (secondary N) is 1. The summed E-state index contributed by atoms with van der Waals surface area (Å²) < 4.78 is 22.4. The molecule has 1 N–H and O–H groups in total. The Morgan fingerprint density at radius 2 is 1.63 bits per heavy atom. The number of carbonyl (C=O) groups excluding carboxylic acids is 1. The molecule has 7 heteroatoms. The van der Waals surface area contributed by atoms with Gasteiger partial charge in [0.2, 0.25) is 5.75 Å². The average Bonchev–Trinajstić information content (AvgIpc) is 3.08. The second-order valence-electron chi connectivity index (χ2n) is 5.65. The number of hydrazone groups is 1. The first kappa shape index (κ1) is 20.4. The van der Waals surface area contributed by atoms with Crippen LogP contribution in [0.1, 0.15) is 49.6 Å². The van der Waals surface area contributed by atoms with Crippen molar-refractivity contribution in [2.45, 2.75) is 34.6 Å². The summed E-state index contributed by atoms with van der Waals surface area (Å²) in [4.78, 5) is 12.6. The third-order valence-corrected chi connectivity index (χ3v) is 3.59. The number of aryl methyl sites for hydroxylation is 1. The number of carbonyl (C=O) groups is 1. The average molecular weight is 374 g/mol. The van der Waals surface area contributed by atoms with E-state index in [-0.39, 0.29) is 5.91 Å². The van der Waals surface area contributed by atoms with E-state index >= 15 is 0 Å². The zero-order valence-corrected chi connectivity index (χ0v) is 16.4. The molecule has 0 aliphatic carbocycles. The molecular weight excluding hydrogens is 348 g/mol. The Kier molecular flexibility index (Phi) is 7.28. The third kappa shape index (κ3) is 5.26. The molecule has 0 radical (unpaired) electrons. The Balaban J connectivity index is 2.28. The molecule has 1 aromatic carbocycles. The molecular formula is C20H26N2O5. The monoisotopic (exact) mass is 374 g/mol. The van der Waals surface area contributed by atoms with E-state index in [1.807, 2.05) is 33.8 Å². The van der Waals surface area contributed by atoms with Gasteiger partial charge in [-0.25, -0.2) is 5.43 Å². The van der Waals surface area contributed by atoms with Crippen molar-refractivity contribution in [2.24, 2.45) is 5.10 Å². The number of hydrogen-bond acceptors (Lipinski definition) is 6. The summed E-state index contributed by atoms with van der Waals surface area (Å²) in [6, 6.07) is 6.88. The van der Waals surface area contributed by atoms with E-state index in [0.717, 1.165) is 5.76 Å². The molecule has 0 bridgehead atoms. The van der Waals surface area contributed by atoms with Crippen molar-refractivity contribution < 1.29 is 23.4 Å². The molecule has 2 rings (SSSR count). The zero-order chi connectivity index (χ0) is 19.8. The fourth-order valence-corrected chi connectivity index (χ4v) is 2.40. The van der Waals surface area contributed by atoms with Gasteiger partial charge in [-0.1, -0.05) is 0 Å². The molecule has 1 aromatic heterocycles. The van der Waals surface area contributed by atoms with Crippen LogP contribution in [0.25, 0.3) is 0 Å². The third-order valence-electron chi connectivity index (χ3n) is 3.59. The summed E-state index contributed by atoms with van der Waals surface area (Å²) in [5.41, 5.74) is 3.46. The fraction of sp³-hybridized carbons (Fsp3) is 0.400. The van der Waals surface area contributed by atoms with E-state index in [2.05, 4.69) is 10.5 Å². The van der Waals surface area contributed by atoms with Crippen LogP contribution in [0, 0.1) is 6.92 Å². The second-order valence-corrected chi connectivity index (χ2v) is 5.65. The van der Waals surface area contributed by atoms with Crippen LogP contribution in [0.4, 0.5) is 0 Å². The van der Waals surface area contributed by atoms with E-state index in [4.69, 9.17) is 18.6 Å². The van der Waals surface area contributed by atoms with Crippen molar-refractivity contribution in [3.63, 3.8) is 0 Å². The quantitative estimate of drug-likeness (QED) is 0.531. The second kappa shape index (κ2) is 9.66. The topological polar surface area (TPSA) is 82.3 Å². The van der Waals surface area contributed by atoms with Gasteiger partial charge in [-0.3, -0.25) is 4.79 Å². The van der Waals surface area contributed by atoms with E-state index in [1.165, 1.54) is 0 Å². The molecule has 27 heavy (non-hydrogen) atoms. The van der Waals surface area contributed by atoms with Crippen molar-refractivity contribution in [2.75, 3.05) is 19.8 Å². The van der Waals surface area contributed by atoms with E-state index in [9.17, 15) is 4.79 Å². The first-order valence-corrected chi connectivity index (χ1v) is 8.97. The van der Waals surface area contributed by atoms with Gasteiger partial charge in [0, 0.05) is 5.56 Å².